The average Bonchev–Trinajstić information content (AvgIpc) is 2.60. The molecule has 0 unspecified atom stereocenters. The summed E-state index contributed by atoms with van der Waals surface area (Å²) in [5, 5.41) is 0. The first-order valence-corrected chi connectivity index (χ1v) is 8.36. The summed E-state index contributed by atoms with van der Waals surface area (Å²) >= 11 is 0. The van der Waals surface area contributed by atoms with Gasteiger partial charge in [-0.05, 0) is 17.5 Å². The molecule has 0 spiro atoms. The predicted molar refractivity (Wildman–Crippen MR) is 89.4 cm³/mol. The summed E-state index contributed by atoms with van der Waals surface area (Å²) in [4.78, 5) is 16.7. The van der Waals surface area contributed by atoms with Crippen LogP contribution in [0.3, 0.4) is 0 Å². The number of hydrogen-bond donors (Lipinski definition) is 0. The first kappa shape index (κ1) is 13.2. The summed E-state index contributed by atoms with van der Waals surface area (Å²) in [6, 6.07) is 21.8. The lowest BCUT2D eigenvalue weighted by Gasteiger charge is -2.64. The van der Waals surface area contributed by atoms with Crippen LogP contribution in [0, 0.1) is 0 Å². The Kier molecular flexibility index (Phi) is 2.51. The molecular formula is C20H20N2O. The molecule has 2 aromatic carbocycles. The van der Waals surface area contributed by atoms with Gasteiger partial charge in [-0.15, -0.1) is 0 Å². The number of urea groups is 1. The maximum Gasteiger partial charge on any atom is 0.320 e. The van der Waals surface area contributed by atoms with Gasteiger partial charge in [-0.2, -0.15) is 0 Å². The molecule has 4 saturated heterocycles. The van der Waals surface area contributed by atoms with E-state index in [0.29, 0.717) is 0 Å². The van der Waals surface area contributed by atoms with Crippen molar-refractivity contribution in [2.24, 2.45) is 0 Å². The minimum absolute atomic E-state index is 0.0709. The van der Waals surface area contributed by atoms with Crippen molar-refractivity contribution in [1.82, 2.24) is 9.80 Å². The van der Waals surface area contributed by atoms with Gasteiger partial charge in [-0.1, -0.05) is 60.7 Å². The largest absolute Gasteiger partial charge is 0.323 e. The number of rotatable bonds is 2. The zero-order chi connectivity index (χ0) is 15.5. The third-order valence-corrected chi connectivity index (χ3v) is 5.96. The number of hydrogen-bond acceptors (Lipinski definition) is 1. The summed E-state index contributed by atoms with van der Waals surface area (Å²) in [6.45, 7) is 3.45. The van der Waals surface area contributed by atoms with Crippen LogP contribution in [0.4, 0.5) is 4.79 Å². The number of carbonyl (C=O) groups excluding carboxylic acids is 1. The van der Waals surface area contributed by atoms with E-state index in [1.807, 2.05) is 0 Å². The molecule has 0 radical (unpaired) electrons. The summed E-state index contributed by atoms with van der Waals surface area (Å²) in [6.07, 6.45) is 1.13. The van der Waals surface area contributed by atoms with Crippen molar-refractivity contribution in [2.75, 3.05) is 26.2 Å². The molecule has 116 valence electrons. The molecule has 4 heterocycles. The first-order valence-electron chi connectivity index (χ1n) is 8.36. The number of amides is 2. The second-order valence-corrected chi connectivity index (χ2v) is 7.46. The van der Waals surface area contributed by atoms with Crippen molar-refractivity contribution in [3.63, 3.8) is 0 Å². The Hall–Kier alpha value is -2.29. The smallest absolute Gasteiger partial charge is 0.320 e. The molecule has 3 nitrogen and oxygen atoms in total. The molecule has 4 bridgehead atoms. The van der Waals surface area contributed by atoms with Crippen LogP contribution in [0.2, 0.25) is 0 Å². The monoisotopic (exact) mass is 304 g/mol. The lowest BCUT2D eigenvalue weighted by molar-refractivity contribution is -0.0381. The summed E-state index contributed by atoms with van der Waals surface area (Å²) in [7, 11) is 0. The molecule has 4 aliphatic heterocycles. The van der Waals surface area contributed by atoms with E-state index in [1.54, 1.807) is 0 Å². The third-order valence-electron chi connectivity index (χ3n) is 5.96. The van der Waals surface area contributed by atoms with E-state index in [1.165, 1.54) is 11.1 Å². The van der Waals surface area contributed by atoms with E-state index in [4.69, 9.17) is 0 Å². The first-order chi connectivity index (χ1) is 11.2. The van der Waals surface area contributed by atoms with Crippen LogP contribution in [-0.2, 0) is 10.8 Å². The van der Waals surface area contributed by atoms with Crippen molar-refractivity contribution in [3.8, 4) is 0 Å². The van der Waals surface area contributed by atoms with Gasteiger partial charge in [0.2, 0.25) is 0 Å². The Bertz CT molecular complexity index is 680. The van der Waals surface area contributed by atoms with Crippen LogP contribution < -0.4 is 0 Å². The van der Waals surface area contributed by atoms with Gasteiger partial charge in [0.1, 0.15) is 0 Å². The quantitative estimate of drug-likeness (QED) is 0.836. The number of piperidine rings is 2. The van der Waals surface area contributed by atoms with E-state index < -0.39 is 0 Å². The van der Waals surface area contributed by atoms with Crippen molar-refractivity contribution < 1.29 is 4.79 Å². The molecular weight excluding hydrogens is 284 g/mol. The molecule has 4 aliphatic rings. The van der Waals surface area contributed by atoms with Crippen LogP contribution in [0.1, 0.15) is 17.5 Å². The van der Waals surface area contributed by atoms with Gasteiger partial charge in [0.15, 0.2) is 0 Å². The van der Waals surface area contributed by atoms with Crippen LogP contribution in [0.25, 0.3) is 0 Å². The van der Waals surface area contributed by atoms with Crippen LogP contribution >= 0.6 is 0 Å². The van der Waals surface area contributed by atoms with Gasteiger partial charge < -0.3 is 9.80 Å². The van der Waals surface area contributed by atoms with E-state index in [2.05, 4.69) is 70.5 Å². The normalized spacial score (nSPS) is 31.7. The predicted octanol–water partition coefficient (Wildman–Crippen LogP) is 3.02. The standard InChI is InChI=1S/C20H20N2O/c23-18-21-12-19(16-7-3-1-4-8-16)11-20(14-21,15-22(18)13-19)17-9-5-2-6-10-17/h1-10H,11-15H2. The van der Waals surface area contributed by atoms with Crippen molar-refractivity contribution >= 4 is 6.03 Å². The van der Waals surface area contributed by atoms with Crippen molar-refractivity contribution in [1.29, 1.82) is 0 Å². The van der Waals surface area contributed by atoms with Gasteiger partial charge in [0, 0.05) is 37.0 Å². The minimum atomic E-state index is 0.0709. The Morgan fingerprint density at radius 1 is 0.652 bits per heavy atom. The third kappa shape index (κ3) is 1.73. The summed E-state index contributed by atoms with van der Waals surface area (Å²) in [5.41, 5.74) is 2.90. The van der Waals surface area contributed by atoms with Crippen LogP contribution in [-0.4, -0.2) is 42.0 Å². The molecule has 0 aromatic heterocycles. The fourth-order valence-corrected chi connectivity index (χ4v) is 5.17. The van der Waals surface area contributed by atoms with Crippen molar-refractivity contribution in [2.45, 2.75) is 17.3 Å². The molecule has 2 aromatic rings. The fourth-order valence-electron chi connectivity index (χ4n) is 5.17. The highest BCUT2D eigenvalue weighted by atomic mass is 16.2. The lowest BCUT2D eigenvalue weighted by Crippen LogP contribution is -2.76. The lowest BCUT2D eigenvalue weighted by atomic mass is 9.57. The van der Waals surface area contributed by atoms with E-state index in [9.17, 15) is 4.79 Å². The maximum absolute atomic E-state index is 12.6. The van der Waals surface area contributed by atoms with Gasteiger partial charge in [0.25, 0.3) is 0 Å². The second-order valence-electron chi connectivity index (χ2n) is 7.46. The number of benzene rings is 2. The molecule has 0 saturated carbocycles. The van der Waals surface area contributed by atoms with Gasteiger partial charge in [-0.25, -0.2) is 4.79 Å². The van der Waals surface area contributed by atoms with Gasteiger partial charge >= 0.3 is 6.03 Å². The maximum atomic E-state index is 12.6. The molecule has 6 rings (SSSR count). The molecule has 3 heteroatoms. The highest BCUT2D eigenvalue weighted by molar-refractivity contribution is 5.78. The topological polar surface area (TPSA) is 23.6 Å². The summed E-state index contributed by atoms with van der Waals surface area (Å²) < 4.78 is 0. The van der Waals surface area contributed by atoms with E-state index >= 15 is 0 Å². The average molecular weight is 304 g/mol. The van der Waals surface area contributed by atoms with E-state index in [-0.39, 0.29) is 16.9 Å². The van der Waals surface area contributed by atoms with Gasteiger partial charge in [0.05, 0.1) is 0 Å². The van der Waals surface area contributed by atoms with Crippen molar-refractivity contribution in [3.05, 3.63) is 71.8 Å². The molecule has 0 atom stereocenters. The second kappa shape index (κ2) is 4.38. The number of nitrogens with zero attached hydrogens (tertiary/aromatic N) is 2. The molecule has 4 fully saturated rings. The van der Waals surface area contributed by atoms with Gasteiger partial charge in [-0.3, -0.25) is 0 Å². The molecule has 2 amide bonds. The van der Waals surface area contributed by atoms with Crippen LogP contribution in [0.15, 0.2) is 60.7 Å². The Morgan fingerprint density at radius 3 is 1.43 bits per heavy atom. The highest BCUT2D eigenvalue weighted by Crippen LogP contribution is 2.52. The SMILES string of the molecule is O=C1N2CC3(c4ccccc4)CN1CC(c1ccccc1)(C2)C3. The zero-order valence-corrected chi connectivity index (χ0v) is 13.1. The fraction of sp³-hybridized carbons (Fsp3) is 0.350. The number of carbonyl (C=O) groups is 1. The molecule has 0 aliphatic carbocycles. The molecule has 23 heavy (non-hydrogen) atoms. The molecule has 0 N–H and O–H groups in total. The zero-order valence-electron chi connectivity index (χ0n) is 13.1. The Labute approximate surface area is 136 Å². The Balaban J connectivity index is 1.65. The summed E-state index contributed by atoms with van der Waals surface area (Å²) in [5.74, 6) is 0. The van der Waals surface area contributed by atoms with Crippen LogP contribution in [0.5, 0.6) is 0 Å². The Morgan fingerprint density at radius 2 is 1.04 bits per heavy atom. The highest BCUT2D eigenvalue weighted by Gasteiger charge is 2.60. The van der Waals surface area contributed by atoms with E-state index in [0.717, 1.165) is 32.6 Å². The minimum Gasteiger partial charge on any atom is -0.323 e.